The smallest absolute Gasteiger partial charge is 0.235 e. The first-order valence-electron chi connectivity index (χ1n) is 9.38. The van der Waals surface area contributed by atoms with Gasteiger partial charge in [0.05, 0.1) is 29.0 Å². The molecule has 2 aromatic carbocycles. The van der Waals surface area contributed by atoms with Crippen LogP contribution in [0.1, 0.15) is 34.6 Å². The van der Waals surface area contributed by atoms with Crippen LogP contribution in [0.4, 0.5) is 5.82 Å². The van der Waals surface area contributed by atoms with Gasteiger partial charge in [-0.25, -0.2) is 4.68 Å². The molecule has 0 spiro atoms. The lowest BCUT2D eigenvalue weighted by Gasteiger charge is -2.19. The highest BCUT2D eigenvalue weighted by molar-refractivity contribution is 8.00. The van der Waals surface area contributed by atoms with E-state index in [-0.39, 0.29) is 11.2 Å². The van der Waals surface area contributed by atoms with Crippen LogP contribution in [0.25, 0.3) is 5.69 Å². The number of aromatic nitrogens is 2. The third-order valence-corrected chi connectivity index (χ3v) is 6.04. The molecule has 0 bridgehead atoms. The summed E-state index contributed by atoms with van der Waals surface area (Å²) in [5.41, 5.74) is 5.12. The van der Waals surface area contributed by atoms with Gasteiger partial charge in [-0.1, -0.05) is 35.9 Å². The summed E-state index contributed by atoms with van der Waals surface area (Å²) in [6, 6.07) is 16.2. The van der Waals surface area contributed by atoms with E-state index in [0.717, 1.165) is 34.1 Å². The second-order valence-electron chi connectivity index (χ2n) is 6.81. The minimum Gasteiger partial charge on any atom is -0.494 e. The van der Waals surface area contributed by atoms with E-state index in [2.05, 4.69) is 18.3 Å². The normalized spacial score (nSPS) is 16.2. The minimum atomic E-state index is -0.0316. The third kappa shape index (κ3) is 3.40. The zero-order valence-corrected chi connectivity index (χ0v) is 17.0. The molecule has 5 nitrogen and oxygen atoms in total. The van der Waals surface area contributed by atoms with Crippen molar-refractivity contribution in [2.45, 2.75) is 26.0 Å². The number of aryl methyl sites for hydroxylation is 2. The van der Waals surface area contributed by atoms with Gasteiger partial charge in [-0.05, 0) is 39.0 Å². The lowest BCUT2D eigenvalue weighted by atomic mass is 10.0. The van der Waals surface area contributed by atoms with E-state index < -0.39 is 0 Å². The number of rotatable bonds is 4. The van der Waals surface area contributed by atoms with E-state index in [1.807, 2.05) is 61.0 Å². The van der Waals surface area contributed by atoms with E-state index in [0.29, 0.717) is 12.4 Å². The standard InChI is InChI=1S/C22H23N3O2S/c1-4-27-18-8-6-5-7-17(18)21-20-15(3)24-25(16-11-9-14(2)10-12-16)22(20)23-19(26)13-28-21/h5-12,21H,4,13H2,1-3H3,(H,23,26). The number of thioether (sulfide) groups is 1. The Morgan fingerprint density at radius 3 is 2.68 bits per heavy atom. The molecular weight excluding hydrogens is 370 g/mol. The lowest BCUT2D eigenvalue weighted by molar-refractivity contribution is -0.113. The summed E-state index contributed by atoms with van der Waals surface area (Å²) in [4.78, 5) is 12.5. The van der Waals surface area contributed by atoms with Crippen LogP contribution in [0.3, 0.4) is 0 Å². The number of ether oxygens (including phenoxy) is 1. The molecule has 0 fully saturated rings. The first-order valence-corrected chi connectivity index (χ1v) is 10.4. The van der Waals surface area contributed by atoms with Crippen LogP contribution in [-0.2, 0) is 4.79 Å². The number of hydrogen-bond donors (Lipinski definition) is 1. The van der Waals surface area contributed by atoms with Crippen LogP contribution in [0, 0.1) is 13.8 Å². The molecule has 2 heterocycles. The first-order chi connectivity index (χ1) is 13.6. The van der Waals surface area contributed by atoms with Crippen molar-refractivity contribution in [1.82, 2.24) is 9.78 Å². The number of hydrogen-bond acceptors (Lipinski definition) is 4. The van der Waals surface area contributed by atoms with Gasteiger partial charge < -0.3 is 10.1 Å². The number of anilines is 1. The highest BCUT2D eigenvalue weighted by Gasteiger charge is 2.32. The fourth-order valence-electron chi connectivity index (χ4n) is 3.49. The van der Waals surface area contributed by atoms with Crippen molar-refractivity contribution in [3.63, 3.8) is 0 Å². The monoisotopic (exact) mass is 393 g/mol. The largest absolute Gasteiger partial charge is 0.494 e. The summed E-state index contributed by atoms with van der Waals surface area (Å²) < 4.78 is 7.71. The van der Waals surface area contributed by atoms with Crippen molar-refractivity contribution in [2.24, 2.45) is 0 Å². The summed E-state index contributed by atoms with van der Waals surface area (Å²) >= 11 is 1.61. The third-order valence-electron chi connectivity index (χ3n) is 4.79. The number of para-hydroxylation sites is 1. The molecule has 1 aliphatic heterocycles. The van der Waals surface area contributed by atoms with Crippen molar-refractivity contribution < 1.29 is 9.53 Å². The zero-order chi connectivity index (χ0) is 19.7. The summed E-state index contributed by atoms with van der Waals surface area (Å²) in [6.45, 7) is 6.63. The minimum absolute atomic E-state index is 0.0177. The van der Waals surface area contributed by atoms with Gasteiger partial charge in [0, 0.05) is 11.1 Å². The Kier molecular flexibility index (Phi) is 5.13. The van der Waals surface area contributed by atoms with Crippen molar-refractivity contribution in [3.8, 4) is 11.4 Å². The molecular formula is C22H23N3O2S. The van der Waals surface area contributed by atoms with Gasteiger partial charge in [0.2, 0.25) is 5.91 Å². The molecule has 0 saturated carbocycles. The molecule has 0 radical (unpaired) electrons. The molecule has 1 unspecified atom stereocenters. The number of benzene rings is 2. The second-order valence-corrected chi connectivity index (χ2v) is 7.90. The van der Waals surface area contributed by atoms with Crippen molar-refractivity contribution >= 4 is 23.5 Å². The quantitative estimate of drug-likeness (QED) is 0.700. The van der Waals surface area contributed by atoms with Gasteiger partial charge in [0.1, 0.15) is 11.6 Å². The van der Waals surface area contributed by atoms with E-state index in [1.54, 1.807) is 11.8 Å². The van der Waals surface area contributed by atoms with Gasteiger partial charge in [-0.3, -0.25) is 4.79 Å². The maximum atomic E-state index is 12.5. The Labute approximate surface area is 169 Å². The van der Waals surface area contributed by atoms with Crippen LogP contribution < -0.4 is 10.1 Å². The molecule has 1 aromatic heterocycles. The van der Waals surface area contributed by atoms with Crippen LogP contribution in [-0.4, -0.2) is 28.0 Å². The van der Waals surface area contributed by atoms with Crippen LogP contribution in [0.15, 0.2) is 48.5 Å². The predicted octanol–water partition coefficient (Wildman–Crippen LogP) is 4.66. The number of nitrogens with one attached hydrogen (secondary N) is 1. The van der Waals surface area contributed by atoms with E-state index in [9.17, 15) is 4.79 Å². The topological polar surface area (TPSA) is 56.1 Å². The van der Waals surface area contributed by atoms with Gasteiger partial charge in [0.15, 0.2) is 0 Å². The SMILES string of the molecule is CCOc1ccccc1C1SCC(=O)Nc2c1c(C)nn2-c1ccc(C)cc1. The average molecular weight is 394 g/mol. The molecule has 1 N–H and O–H groups in total. The fraction of sp³-hybridized carbons (Fsp3) is 0.273. The van der Waals surface area contributed by atoms with Gasteiger partial charge in [-0.15, -0.1) is 11.8 Å². The number of carbonyl (C=O) groups is 1. The molecule has 1 amide bonds. The first kappa shape index (κ1) is 18.6. The number of amides is 1. The van der Waals surface area contributed by atoms with Crippen molar-refractivity contribution in [2.75, 3.05) is 17.7 Å². The van der Waals surface area contributed by atoms with E-state index in [1.165, 1.54) is 5.56 Å². The van der Waals surface area contributed by atoms with Crippen molar-refractivity contribution in [1.29, 1.82) is 0 Å². The Hall–Kier alpha value is -2.73. The van der Waals surface area contributed by atoms with Crippen LogP contribution in [0.2, 0.25) is 0 Å². The molecule has 28 heavy (non-hydrogen) atoms. The summed E-state index contributed by atoms with van der Waals surface area (Å²) in [5.74, 6) is 1.96. The molecule has 1 atom stereocenters. The fourth-order valence-corrected chi connectivity index (χ4v) is 4.70. The summed E-state index contributed by atoms with van der Waals surface area (Å²) in [6.07, 6.45) is 0. The summed E-state index contributed by atoms with van der Waals surface area (Å²) in [7, 11) is 0. The zero-order valence-electron chi connectivity index (χ0n) is 16.2. The van der Waals surface area contributed by atoms with Crippen LogP contribution in [0.5, 0.6) is 5.75 Å². The lowest BCUT2D eigenvalue weighted by Crippen LogP contribution is -2.15. The molecule has 144 valence electrons. The molecule has 6 heteroatoms. The second kappa shape index (κ2) is 7.72. The number of nitrogens with zero attached hydrogens (tertiary/aromatic N) is 2. The van der Waals surface area contributed by atoms with Crippen LogP contribution >= 0.6 is 11.8 Å². The summed E-state index contributed by atoms with van der Waals surface area (Å²) in [5, 5.41) is 7.81. The molecule has 0 saturated heterocycles. The number of fused-ring (bicyclic) bond motifs is 1. The highest BCUT2D eigenvalue weighted by Crippen LogP contribution is 2.46. The van der Waals surface area contributed by atoms with Gasteiger partial charge >= 0.3 is 0 Å². The Bertz CT molecular complexity index is 1010. The Morgan fingerprint density at radius 1 is 1.18 bits per heavy atom. The van der Waals surface area contributed by atoms with E-state index in [4.69, 9.17) is 9.84 Å². The van der Waals surface area contributed by atoms with Gasteiger partial charge in [-0.2, -0.15) is 5.10 Å². The highest BCUT2D eigenvalue weighted by atomic mass is 32.2. The Balaban J connectivity index is 1.88. The maximum Gasteiger partial charge on any atom is 0.235 e. The molecule has 4 rings (SSSR count). The average Bonchev–Trinajstić information content (AvgIpc) is 2.89. The van der Waals surface area contributed by atoms with E-state index >= 15 is 0 Å². The number of carbonyl (C=O) groups excluding carboxylic acids is 1. The molecule has 3 aromatic rings. The predicted molar refractivity (Wildman–Crippen MR) is 114 cm³/mol. The maximum absolute atomic E-state index is 12.5. The van der Waals surface area contributed by atoms with Gasteiger partial charge in [0.25, 0.3) is 0 Å². The molecule has 0 aliphatic carbocycles. The Morgan fingerprint density at radius 2 is 1.93 bits per heavy atom. The molecule has 1 aliphatic rings. The van der Waals surface area contributed by atoms with Crippen molar-refractivity contribution in [3.05, 3.63) is 70.9 Å².